The molecule has 0 aliphatic rings. The van der Waals surface area contributed by atoms with Crippen molar-refractivity contribution in [3.05, 3.63) is 46.3 Å². The lowest BCUT2D eigenvalue weighted by Crippen LogP contribution is -2.28. The highest BCUT2D eigenvalue weighted by molar-refractivity contribution is 7.89. The lowest BCUT2D eigenvalue weighted by Gasteiger charge is -2.17. The van der Waals surface area contributed by atoms with Crippen LogP contribution in [0, 0.1) is 27.7 Å². The largest absolute Gasteiger partial charge is 0.360 e. The molecule has 21 heavy (non-hydrogen) atoms. The monoisotopic (exact) mass is 308 g/mol. The van der Waals surface area contributed by atoms with E-state index in [0.29, 0.717) is 11.5 Å². The van der Waals surface area contributed by atoms with E-state index >= 15 is 0 Å². The molecule has 1 aromatic carbocycles. The maximum Gasteiger partial charge on any atom is 0.246 e. The third kappa shape index (κ3) is 3.16. The van der Waals surface area contributed by atoms with Gasteiger partial charge in [0.15, 0.2) is 5.76 Å². The summed E-state index contributed by atoms with van der Waals surface area (Å²) in [7, 11) is -3.66. The molecule has 6 heteroatoms. The molecule has 0 fully saturated rings. The van der Waals surface area contributed by atoms with Crippen molar-refractivity contribution in [2.24, 2.45) is 0 Å². The number of hydrogen-bond donors (Lipinski definition) is 1. The molecule has 1 heterocycles. The summed E-state index contributed by atoms with van der Waals surface area (Å²) in [5.41, 5.74) is 3.48. The summed E-state index contributed by atoms with van der Waals surface area (Å²) in [5.74, 6) is 0.299. The third-order valence-corrected chi connectivity index (χ3v) is 5.25. The van der Waals surface area contributed by atoms with Gasteiger partial charge in [0.25, 0.3) is 0 Å². The van der Waals surface area contributed by atoms with E-state index in [1.165, 1.54) is 0 Å². The quantitative estimate of drug-likeness (QED) is 0.942. The van der Waals surface area contributed by atoms with Gasteiger partial charge in [-0.25, -0.2) is 13.1 Å². The van der Waals surface area contributed by atoms with E-state index < -0.39 is 10.0 Å². The summed E-state index contributed by atoms with van der Waals surface area (Å²) >= 11 is 0. The van der Waals surface area contributed by atoms with E-state index in [1.54, 1.807) is 13.8 Å². The molecule has 1 aromatic heterocycles. The highest BCUT2D eigenvalue weighted by atomic mass is 32.2. The minimum atomic E-state index is -3.66. The van der Waals surface area contributed by atoms with Crippen LogP contribution in [0.2, 0.25) is 0 Å². The molecule has 0 bridgehead atoms. The van der Waals surface area contributed by atoms with Crippen molar-refractivity contribution in [1.29, 1.82) is 0 Å². The molecule has 1 N–H and O–H groups in total. The first-order valence-electron chi connectivity index (χ1n) is 6.74. The smallest absolute Gasteiger partial charge is 0.246 e. The molecule has 2 rings (SSSR count). The molecule has 2 aromatic rings. The summed E-state index contributed by atoms with van der Waals surface area (Å²) in [6.07, 6.45) is 0. The number of sulfonamides is 1. The summed E-state index contributed by atoms with van der Waals surface area (Å²) < 4.78 is 32.6. The highest BCUT2D eigenvalue weighted by Gasteiger charge is 2.26. The average molecular weight is 308 g/mol. The van der Waals surface area contributed by atoms with Crippen molar-refractivity contribution < 1.29 is 12.9 Å². The lowest BCUT2D eigenvalue weighted by atomic mass is 10.0. The number of aryl methyl sites for hydroxylation is 4. The summed E-state index contributed by atoms with van der Waals surface area (Å²) in [5, 5.41) is 3.70. The van der Waals surface area contributed by atoms with Gasteiger partial charge in [0.05, 0.1) is 0 Å². The average Bonchev–Trinajstić information content (AvgIpc) is 2.72. The number of nitrogens with zero attached hydrogens (tertiary/aromatic N) is 1. The van der Waals surface area contributed by atoms with Crippen molar-refractivity contribution >= 4 is 10.0 Å². The van der Waals surface area contributed by atoms with Crippen LogP contribution in [0.15, 0.2) is 27.6 Å². The molecule has 0 unspecified atom stereocenters. The zero-order valence-electron chi connectivity index (χ0n) is 12.9. The van der Waals surface area contributed by atoms with Crippen LogP contribution in [0.4, 0.5) is 0 Å². The molecule has 5 nitrogen and oxygen atoms in total. The first-order valence-corrected chi connectivity index (χ1v) is 8.23. The van der Waals surface area contributed by atoms with Crippen LogP contribution in [0.25, 0.3) is 0 Å². The zero-order chi connectivity index (χ0) is 15.8. The Kier molecular flexibility index (Phi) is 4.20. The summed E-state index contributed by atoms with van der Waals surface area (Å²) in [6.45, 7) is 9.00. The second-order valence-electron chi connectivity index (χ2n) is 5.36. The molecule has 0 amide bonds. The van der Waals surface area contributed by atoms with Crippen molar-refractivity contribution in [2.45, 2.75) is 45.6 Å². The van der Waals surface area contributed by atoms with Crippen LogP contribution >= 0.6 is 0 Å². The van der Waals surface area contributed by atoms with Crippen molar-refractivity contribution in [3.8, 4) is 0 Å². The van der Waals surface area contributed by atoms with E-state index in [1.807, 2.05) is 39.0 Å². The highest BCUT2D eigenvalue weighted by Crippen LogP contribution is 2.24. The van der Waals surface area contributed by atoms with Crippen molar-refractivity contribution in [1.82, 2.24) is 9.88 Å². The van der Waals surface area contributed by atoms with Gasteiger partial charge in [0.1, 0.15) is 10.6 Å². The van der Waals surface area contributed by atoms with Gasteiger partial charge in [-0.1, -0.05) is 28.9 Å². The van der Waals surface area contributed by atoms with Gasteiger partial charge < -0.3 is 4.52 Å². The van der Waals surface area contributed by atoms with Gasteiger partial charge in [0, 0.05) is 6.04 Å². The van der Waals surface area contributed by atoms with Crippen LogP contribution in [0.5, 0.6) is 0 Å². The fraction of sp³-hybridized carbons (Fsp3) is 0.400. The van der Waals surface area contributed by atoms with Crippen molar-refractivity contribution in [3.63, 3.8) is 0 Å². The molecule has 0 aliphatic heterocycles. The number of hydrogen-bond acceptors (Lipinski definition) is 4. The van der Waals surface area contributed by atoms with Crippen LogP contribution < -0.4 is 4.72 Å². The molecule has 114 valence electrons. The fourth-order valence-corrected chi connectivity index (χ4v) is 3.99. The molecule has 0 radical (unpaired) electrons. The number of nitrogens with one attached hydrogen (secondary N) is 1. The van der Waals surface area contributed by atoms with Gasteiger partial charge in [-0.3, -0.25) is 0 Å². The number of rotatable bonds is 4. The topological polar surface area (TPSA) is 72.2 Å². The molecule has 0 aliphatic carbocycles. The van der Waals surface area contributed by atoms with Crippen LogP contribution in [0.1, 0.15) is 41.1 Å². The SMILES string of the molecule is Cc1ccc(C)c([C@H](C)NS(=O)(=O)c2c(C)noc2C)c1. The lowest BCUT2D eigenvalue weighted by molar-refractivity contribution is 0.390. The third-order valence-electron chi connectivity index (χ3n) is 3.47. The number of benzene rings is 1. The Bertz CT molecular complexity index is 744. The summed E-state index contributed by atoms with van der Waals surface area (Å²) in [4.78, 5) is 0.125. The number of aromatic nitrogens is 1. The van der Waals surface area contributed by atoms with Crippen LogP contribution in [0.3, 0.4) is 0 Å². The summed E-state index contributed by atoms with van der Waals surface area (Å²) in [6, 6.07) is 5.67. The minimum Gasteiger partial charge on any atom is -0.360 e. The second kappa shape index (κ2) is 5.61. The van der Waals surface area contributed by atoms with E-state index in [0.717, 1.165) is 16.7 Å². The van der Waals surface area contributed by atoms with Gasteiger partial charge >= 0.3 is 0 Å². The van der Waals surface area contributed by atoms with Crippen LogP contribution in [-0.4, -0.2) is 13.6 Å². The molecule has 1 atom stereocenters. The zero-order valence-corrected chi connectivity index (χ0v) is 13.7. The Morgan fingerprint density at radius 3 is 2.43 bits per heavy atom. The van der Waals surface area contributed by atoms with Gasteiger partial charge in [-0.05, 0) is 45.7 Å². The van der Waals surface area contributed by atoms with E-state index in [2.05, 4.69) is 9.88 Å². The molecule has 0 saturated carbocycles. The Labute approximate surface area is 125 Å². The normalized spacial score (nSPS) is 13.4. The van der Waals surface area contributed by atoms with E-state index in [9.17, 15) is 8.42 Å². The van der Waals surface area contributed by atoms with Crippen molar-refractivity contribution in [2.75, 3.05) is 0 Å². The predicted molar refractivity (Wildman–Crippen MR) is 80.6 cm³/mol. The Hall–Kier alpha value is -1.66. The maximum atomic E-state index is 12.5. The Balaban J connectivity index is 2.35. The minimum absolute atomic E-state index is 0.125. The van der Waals surface area contributed by atoms with E-state index in [-0.39, 0.29) is 10.9 Å². The first-order chi connectivity index (χ1) is 9.72. The van der Waals surface area contributed by atoms with E-state index in [4.69, 9.17) is 4.52 Å². The molecular formula is C15H20N2O3S. The second-order valence-corrected chi connectivity index (χ2v) is 7.01. The molecular weight excluding hydrogens is 288 g/mol. The van der Waals surface area contributed by atoms with Gasteiger partial charge in [-0.2, -0.15) is 0 Å². The Morgan fingerprint density at radius 2 is 1.86 bits per heavy atom. The fourth-order valence-electron chi connectivity index (χ4n) is 2.44. The standard InChI is InChI=1S/C15H20N2O3S/c1-9-6-7-10(2)14(8-9)11(3)17-21(18,19)15-12(4)16-20-13(15)5/h6-8,11,17H,1-5H3/t11-/m0/s1. The Morgan fingerprint density at radius 1 is 1.19 bits per heavy atom. The van der Waals surface area contributed by atoms with Crippen LogP contribution in [-0.2, 0) is 10.0 Å². The first kappa shape index (κ1) is 15.7. The molecule has 0 spiro atoms. The van der Waals surface area contributed by atoms with Gasteiger partial charge in [0.2, 0.25) is 10.0 Å². The predicted octanol–water partition coefficient (Wildman–Crippen LogP) is 2.95. The van der Waals surface area contributed by atoms with Gasteiger partial charge in [-0.15, -0.1) is 0 Å². The maximum absolute atomic E-state index is 12.5. The molecule has 0 saturated heterocycles.